The van der Waals surface area contributed by atoms with Crippen LogP contribution in [0.3, 0.4) is 0 Å². The van der Waals surface area contributed by atoms with E-state index < -0.39 is 10.8 Å². The van der Waals surface area contributed by atoms with Gasteiger partial charge in [-0.3, -0.25) is 14.9 Å². The summed E-state index contributed by atoms with van der Waals surface area (Å²) in [5.41, 5.74) is 0.292. The average molecular weight is 335 g/mol. The minimum Gasteiger partial charge on any atom is -0.489 e. The number of ether oxygens (including phenoxy) is 1. The fourth-order valence-electron chi connectivity index (χ4n) is 1.92. The normalized spacial score (nSPS) is 10.4. The molecule has 1 N–H and O–H groups in total. The van der Waals surface area contributed by atoms with Crippen molar-refractivity contribution < 1.29 is 14.5 Å². The number of nitrogens with one attached hydrogen (secondary N) is 1. The van der Waals surface area contributed by atoms with Gasteiger partial charge in [0.1, 0.15) is 5.75 Å². The first kappa shape index (κ1) is 16.8. The van der Waals surface area contributed by atoms with Crippen LogP contribution in [-0.4, -0.2) is 16.9 Å². The van der Waals surface area contributed by atoms with Gasteiger partial charge in [0.05, 0.1) is 27.3 Å². The van der Waals surface area contributed by atoms with Gasteiger partial charge in [-0.15, -0.1) is 0 Å². The first-order valence-corrected chi connectivity index (χ1v) is 7.27. The van der Waals surface area contributed by atoms with E-state index >= 15 is 0 Å². The van der Waals surface area contributed by atoms with Crippen LogP contribution in [0.1, 0.15) is 24.2 Å². The fourth-order valence-corrected chi connectivity index (χ4v) is 2.12. The maximum absolute atomic E-state index is 12.4. The van der Waals surface area contributed by atoms with Crippen molar-refractivity contribution in [1.29, 1.82) is 0 Å². The molecule has 0 fully saturated rings. The molecule has 0 spiro atoms. The number of nitrogens with zero attached hydrogens (tertiary/aromatic N) is 1. The molecule has 7 heteroatoms. The van der Waals surface area contributed by atoms with Crippen molar-refractivity contribution in [2.75, 3.05) is 5.32 Å². The standard InChI is InChI=1S/C16H15ClN2O4/c1-10(2)23-15-6-4-3-5-14(15)18-16(20)12-9-11(19(21)22)7-8-13(12)17/h3-10H,1-2H3,(H,18,20). The molecule has 0 atom stereocenters. The Bertz CT molecular complexity index is 747. The summed E-state index contributed by atoms with van der Waals surface area (Å²) in [6.07, 6.45) is -0.0607. The summed E-state index contributed by atoms with van der Waals surface area (Å²) >= 11 is 5.97. The lowest BCUT2D eigenvalue weighted by molar-refractivity contribution is -0.384. The highest BCUT2D eigenvalue weighted by molar-refractivity contribution is 6.34. The van der Waals surface area contributed by atoms with Crippen molar-refractivity contribution in [3.05, 3.63) is 63.2 Å². The summed E-state index contributed by atoms with van der Waals surface area (Å²) in [5.74, 6) is -0.0316. The quantitative estimate of drug-likeness (QED) is 0.653. The smallest absolute Gasteiger partial charge is 0.270 e. The molecule has 2 rings (SSSR count). The first-order chi connectivity index (χ1) is 10.9. The third-order valence-electron chi connectivity index (χ3n) is 2.90. The number of nitro benzene ring substituents is 1. The van der Waals surface area contributed by atoms with Crippen LogP contribution in [0.25, 0.3) is 0 Å². The Labute approximate surface area is 138 Å². The van der Waals surface area contributed by atoms with E-state index in [9.17, 15) is 14.9 Å². The number of nitro groups is 1. The lowest BCUT2D eigenvalue weighted by Gasteiger charge is -2.15. The molecule has 1 amide bonds. The van der Waals surface area contributed by atoms with Gasteiger partial charge in [0, 0.05) is 12.1 Å². The molecule has 0 aliphatic carbocycles. The second-order valence-corrected chi connectivity index (χ2v) is 5.45. The summed E-state index contributed by atoms with van der Waals surface area (Å²) in [5, 5.41) is 13.6. The highest BCUT2D eigenvalue weighted by Gasteiger charge is 2.17. The largest absolute Gasteiger partial charge is 0.489 e. The highest BCUT2D eigenvalue weighted by Crippen LogP contribution is 2.27. The van der Waals surface area contributed by atoms with Crippen LogP contribution in [0, 0.1) is 10.1 Å². The Morgan fingerprint density at radius 2 is 1.96 bits per heavy atom. The zero-order chi connectivity index (χ0) is 17.0. The van der Waals surface area contributed by atoms with Crippen LogP contribution >= 0.6 is 11.6 Å². The zero-order valence-electron chi connectivity index (χ0n) is 12.6. The van der Waals surface area contributed by atoms with Crippen molar-refractivity contribution >= 4 is 28.9 Å². The van der Waals surface area contributed by atoms with Crippen LogP contribution in [0.5, 0.6) is 5.75 Å². The number of hydrogen-bond donors (Lipinski definition) is 1. The molecule has 2 aromatic rings. The second kappa shape index (κ2) is 7.11. The molecule has 0 saturated carbocycles. The molecular formula is C16H15ClN2O4. The van der Waals surface area contributed by atoms with E-state index in [1.54, 1.807) is 24.3 Å². The molecule has 120 valence electrons. The molecule has 0 heterocycles. The van der Waals surface area contributed by atoms with Crippen LogP contribution in [0.15, 0.2) is 42.5 Å². The summed E-state index contributed by atoms with van der Waals surface area (Å²) in [7, 11) is 0. The van der Waals surface area contributed by atoms with E-state index in [1.807, 2.05) is 13.8 Å². The Balaban J connectivity index is 2.30. The van der Waals surface area contributed by atoms with E-state index in [-0.39, 0.29) is 22.4 Å². The van der Waals surface area contributed by atoms with E-state index in [4.69, 9.17) is 16.3 Å². The van der Waals surface area contributed by atoms with E-state index in [0.717, 1.165) is 6.07 Å². The van der Waals surface area contributed by atoms with Gasteiger partial charge in [0.25, 0.3) is 11.6 Å². The van der Waals surface area contributed by atoms with E-state index in [0.29, 0.717) is 11.4 Å². The monoisotopic (exact) mass is 334 g/mol. The van der Waals surface area contributed by atoms with Gasteiger partial charge in [0.15, 0.2) is 0 Å². The number of hydrogen-bond acceptors (Lipinski definition) is 4. The maximum atomic E-state index is 12.4. The molecule has 0 aliphatic heterocycles. The van der Waals surface area contributed by atoms with E-state index in [2.05, 4.69) is 5.32 Å². The summed E-state index contributed by atoms with van der Waals surface area (Å²) < 4.78 is 5.62. The second-order valence-electron chi connectivity index (χ2n) is 5.04. The number of non-ortho nitro benzene ring substituents is 1. The first-order valence-electron chi connectivity index (χ1n) is 6.89. The number of carbonyl (C=O) groups is 1. The topological polar surface area (TPSA) is 81.5 Å². The molecule has 0 bridgehead atoms. The van der Waals surface area contributed by atoms with Gasteiger partial charge in [0.2, 0.25) is 0 Å². The SMILES string of the molecule is CC(C)Oc1ccccc1NC(=O)c1cc([N+](=O)[O-])ccc1Cl. The fraction of sp³-hybridized carbons (Fsp3) is 0.188. The van der Waals surface area contributed by atoms with Gasteiger partial charge < -0.3 is 10.1 Å². The predicted octanol–water partition coefficient (Wildman–Crippen LogP) is 4.29. The summed E-state index contributed by atoms with van der Waals surface area (Å²) in [4.78, 5) is 22.6. The third kappa shape index (κ3) is 4.20. The minimum absolute atomic E-state index is 0.0280. The number of amides is 1. The predicted molar refractivity (Wildman–Crippen MR) is 88.3 cm³/mol. The molecule has 0 aliphatic rings. The molecule has 0 saturated heterocycles. The van der Waals surface area contributed by atoms with Crippen molar-refractivity contribution in [3.8, 4) is 5.75 Å². The van der Waals surface area contributed by atoms with Gasteiger partial charge in [-0.05, 0) is 32.0 Å². The number of para-hydroxylation sites is 2. The molecule has 0 radical (unpaired) electrons. The Morgan fingerprint density at radius 3 is 2.61 bits per heavy atom. The number of anilines is 1. The molecule has 0 aromatic heterocycles. The van der Waals surface area contributed by atoms with Gasteiger partial charge in [-0.25, -0.2) is 0 Å². The lowest BCUT2D eigenvalue weighted by Crippen LogP contribution is -2.15. The number of benzene rings is 2. The van der Waals surface area contributed by atoms with Gasteiger partial charge in [-0.1, -0.05) is 23.7 Å². The molecule has 6 nitrogen and oxygen atoms in total. The van der Waals surface area contributed by atoms with Crippen molar-refractivity contribution in [3.63, 3.8) is 0 Å². The minimum atomic E-state index is -0.580. The van der Waals surface area contributed by atoms with Crippen LogP contribution in [-0.2, 0) is 0 Å². The molecule has 23 heavy (non-hydrogen) atoms. The summed E-state index contributed by atoms with van der Waals surface area (Å²) in [6.45, 7) is 3.74. The third-order valence-corrected chi connectivity index (χ3v) is 3.23. The van der Waals surface area contributed by atoms with Crippen LogP contribution in [0.4, 0.5) is 11.4 Å². The Hall–Kier alpha value is -2.60. The van der Waals surface area contributed by atoms with Crippen LogP contribution < -0.4 is 10.1 Å². The maximum Gasteiger partial charge on any atom is 0.270 e. The average Bonchev–Trinajstić information content (AvgIpc) is 2.48. The number of rotatable bonds is 5. The summed E-state index contributed by atoms with van der Waals surface area (Å²) in [6, 6.07) is 10.7. The zero-order valence-corrected chi connectivity index (χ0v) is 13.3. The Morgan fingerprint density at radius 1 is 1.26 bits per heavy atom. The van der Waals surface area contributed by atoms with E-state index in [1.165, 1.54) is 12.1 Å². The molecule has 2 aromatic carbocycles. The van der Waals surface area contributed by atoms with Crippen molar-refractivity contribution in [2.45, 2.75) is 20.0 Å². The number of carbonyl (C=O) groups excluding carboxylic acids is 1. The highest BCUT2D eigenvalue weighted by atomic mass is 35.5. The number of halogens is 1. The molecule has 0 unspecified atom stereocenters. The van der Waals surface area contributed by atoms with Crippen molar-refractivity contribution in [1.82, 2.24) is 0 Å². The lowest BCUT2D eigenvalue weighted by atomic mass is 10.1. The van der Waals surface area contributed by atoms with Gasteiger partial charge in [-0.2, -0.15) is 0 Å². The Kier molecular flexibility index (Phi) is 5.18. The molecular weight excluding hydrogens is 320 g/mol. The van der Waals surface area contributed by atoms with Crippen molar-refractivity contribution in [2.24, 2.45) is 0 Å². The van der Waals surface area contributed by atoms with Crippen LogP contribution in [0.2, 0.25) is 5.02 Å². The van der Waals surface area contributed by atoms with Gasteiger partial charge >= 0.3 is 0 Å².